The molecule has 1 aromatic heterocycles. The molecule has 7 nitrogen and oxygen atoms in total. The zero-order chi connectivity index (χ0) is 14.7. The van der Waals surface area contributed by atoms with Crippen LogP contribution >= 0.6 is 0 Å². The SMILES string of the molecule is NC(=O)c1cn(CC2CN(c3ccccc3)CCO2)nn1. The van der Waals surface area contributed by atoms with Crippen molar-refractivity contribution >= 4 is 11.6 Å². The minimum Gasteiger partial charge on any atom is -0.373 e. The third-order valence-corrected chi connectivity index (χ3v) is 3.44. The average Bonchev–Trinajstić information content (AvgIpc) is 2.97. The number of para-hydroxylation sites is 1. The molecule has 7 heteroatoms. The maximum absolute atomic E-state index is 11.0. The first-order valence-corrected chi connectivity index (χ1v) is 6.84. The Labute approximate surface area is 122 Å². The highest BCUT2D eigenvalue weighted by molar-refractivity contribution is 5.90. The molecule has 1 atom stereocenters. The largest absolute Gasteiger partial charge is 0.373 e. The van der Waals surface area contributed by atoms with Gasteiger partial charge >= 0.3 is 0 Å². The molecular weight excluding hydrogens is 270 g/mol. The molecule has 1 amide bonds. The number of hydrogen-bond donors (Lipinski definition) is 1. The van der Waals surface area contributed by atoms with E-state index in [0.717, 1.165) is 13.1 Å². The van der Waals surface area contributed by atoms with Crippen LogP contribution in [0.5, 0.6) is 0 Å². The number of rotatable bonds is 4. The van der Waals surface area contributed by atoms with Crippen LogP contribution in [0.15, 0.2) is 36.5 Å². The number of anilines is 1. The summed E-state index contributed by atoms with van der Waals surface area (Å²) in [4.78, 5) is 13.3. The molecule has 2 heterocycles. The molecule has 0 spiro atoms. The Morgan fingerprint density at radius 1 is 1.38 bits per heavy atom. The molecule has 110 valence electrons. The van der Waals surface area contributed by atoms with Gasteiger partial charge in [0, 0.05) is 18.8 Å². The van der Waals surface area contributed by atoms with Crippen molar-refractivity contribution in [1.82, 2.24) is 15.0 Å². The Morgan fingerprint density at radius 2 is 2.19 bits per heavy atom. The van der Waals surface area contributed by atoms with Crippen molar-refractivity contribution in [3.05, 3.63) is 42.2 Å². The molecule has 1 aliphatic rings. The number of hydrogen-bond acceptors (Lipinski definition) is 5. The number of nitrogens with two attached hydrogens (primary N) is 1. The van der Waals surface area contributed by atoms with Crippen LogP contribution in [0.3, 0.4) is 0 Å². The third kappa shape index (κ3) is 3.19. The Morgan fingerprint density at radius 3 is 2.90 bits per heavy atom. The zero-order valence-corrected chi connectivity index (χ0v) is 11.6. The van der Waals surface area contributed by atoms with E-state index in [4.69, 9.17) is 10.5 Å². The number of ether oxygens (including phenoxy) is 1. The lowest BCUT2D eigenvalue weighted by Gasteiger charge is -2.34. The van der Waals surface area contributed by atoms with Crippen molar-refractivity contribution in [2.45, 2.75) is 12.6 Å². The predicted molar refractivity (Wildman–Crippen MR) is 76.9 cm³/mol. The molecule has 2 N–H and O–H groups in total. The minimum atomic E-state index is -0.572. The standard InChI is InChI=1S/C14H17N5O2/c15-14(20)13-10-19(17-16-13)9-12-8-18(6-7-21-12)11-4-2-1-3-5-11/h1-5,10,12H,6-9H2,(H2,15,20). The Hall–Kier alpha value is -2.41. The van der Waals surface area contributed by atoms with Gasteiger partial charge in [0.1, 0.15) is 0 Å². The van der Waals surface area contributed by atoms with E-state index < -0.39 is 5.91 Å². The van der Waals surface area contributed by atoms with Crippen molar-refractivity contribution in [3.63, 3.8) is 0 Å². The van der Waals surface area contributed by atoms with Crippen LogP contribution in [0.1, 0.15) is 10.5 Å². The first-order chi connectivity index (χ1) is 10.2. The number of morpholine rings is 1. The van der Waals surface area contributed by atoms with E-state index in [9.17, 15) is 4.79 Å². The Balaban J connectivity index is 1.64. The second-order valence-electron chi connectivity index (χ2n) is 4.96. The number of carbonyl (C=O) groups excluding carboxylic acids is 1. The van der Waals surface area contributed by atoms with E-state index in [0.29, 0.717) is 13.2 Å². The van der Waals surface area contributed by atoms with Gasteiger partial charge in [0.05, 0.1) is 25.5 Å². The molecule has 21 heavy (non-hydrogen) atoms. The van der Waals surface area contributed by atoms with Crippen LogP contribution in [-0.4, -0.2) is 46.7 Å². The first kappa shape index (κ1) is 13.6. The number of aromatic nitrogens is 3. The molecule has 1 fully saturated rings. The molecule has 3 rings (SSSR count). The van der Waals surface area contributed by atoms with Gasteiger partial charge in [-0.05, 0) is 12.1 Å². The van der Waals surface area contributed by atoms with Crippen molar-refractivity contribution in [3.8, 4) is 0 Å². The van der Waals surface area contributed by atoms with Gasteiger partial charge < -0.3 is 15.4 Å². The summed E-state index contributed by atoms with van der Waals surface area (Å²) >= 11 is 0. The van der Waals surface area contributed by atoms with Gasteiger partial charge in [0.15, 0.2) is 5.69 Å². The lowest BCUT2D eigenvalue weighted by Crippen LogP contribution is -2.44. The van der Waals surface area contributed by atoms with Crippen molar-refractivity contribution in [1.29, 1.82) is 0 Å². The summed E-state index contributed by atoms with van der Waals surface area (Å²) in [6.07, 6.45) is 1.55. The number of nitrogens with zero attached hydrogens (tertiary/aromatic N) is 4. The Kier molecular flexibility index (Phi) is 3.83. The second-order valence-corrected chi connectivity index (χ2v) is 4.96. The summed E-state index contributed by atoms with van der Waals surface area (Å²) in [6, 6.07) is 10.2. The molecule has 0 radical (unpaired) electrons. The minimum absolute atomic E-state index is 0.00128. The number of amides is 1. The summed E-state index contributed by atoms with van der Waals surface area (Å²) in [6.45, 7) is 2.85. The molecule has 1 saturated heterocycles. The highest BCUT2D eigenvalue weighted by Crippen LogP contribution is 2.17. The van der Waals surface area contributed by atoms with Gasteiger partial charge in [0.25, 0.3) is 5.91 Å². The number of primary amides is 1. The maximum atomic E-state index is 11.0. The van der Waals surface area contributed by atoms with Crippen LogP contribution in [0, 0.1) is 0 Å². The van der Waals surface area contributed by atoms with Crippen LogP contribution in [0.2, 0.25) is 0 Å². The molecule has 2 aromatic rings. The van der Waals surface area contributed by atoms with E-state index in [1.54, 1.807) is 10.9 Å². The van der Waals surface area contributed by atoms with E-state index in [-0.39, 0.29) is 11.8 Å². The fourth-order valence-corrected chi connectivity index (χ4v) is 2.41. The summed E-state index contributed by atoms with van der Waals surface area (Å²) in [7, 11) is 0. The van der Waals surface area contributed by atoms with Gasteiger partial charge in [-0.3, -0.25) is 4.79 Å². The van der Waals surface area contributed by atoms with E-state index >= 15 is 0 Å². The average molecular weight is 287 g/mol. The van der Waals surface area contributed by atoms with Crippen LogP contribution in [0.4, 0.5) is 5.69 Å². The zero-order valence-electron chi connectivity index (χ0n) is 11.6. The second kappa shape index (κ2) is 5.92. The molecule has 1 aliphatic heterocycles. The topological polar surface area (TPSA) is 86.3 Å². The smallest absolute Gasteiger partial charge is 0.270 e. The molecule has 0 bridgehead atoms. The molecule has 1 unspecified atom stereocenters. The van der Waals surface area contributed by atoms with Crippen LogP contribution < -0.4 is 10.6 Å². The van der Waals surface area contributed by atoms with Crippen molar-refractivity contribution in [2.75, 3.05) is 24.6 Å². The van der Waals surface area contributed by atoms with Gasteiger partial charge in [-0.2, -0.15) is 0 Å². The fourth-order valence-electron chi connectivity index (χ4n) is 2.41. The summed E-state index contributed by atoms with van der Waals surface area (Å²) in [5.74, 6) is -0.572. The third-order valence-electron chi connectivity index (χ3n) is 3.44. The highest BCUT2D eigenvalue weighted by Gasteiger charge is 2.21. The van der Waals surface area contributed by atoms with Crippen LogP contribution in [0.25, 0.3) is 0 Å². The van der Waals surface area contributed by atoms with Crippen molar-refractivity contribution in [2.24, 2.45) is 5.73 Å². The van der Waals surface area contributed by atoms with E-state index in [1.807, 2.05) is 18.2 Å². The first-order valence-electron chi connectivity index (χ1n) is 6.84. The molecule has 0 aliphatic carbocycles. The maximum Gasteiger partial charge on any atom is 0.270 e. The quantitative estimate of drug-likeness (QED) is 0.873. The van der Waals surface area contributed by atoms with Gasteiger partial charge in [0.2, 0.25) is 0 Å². The van der Waals surface area contributed by atoms with Gasteiger partial charge in [-0.25, -0.2) is 4.68 Å². The van der Waals surface area contributed by atoms with Gasteiger partial charge in [-0.1, -0.05) is 23.4 Å². The predicted octanol–water partition coefficient (Wildman–Crippen LogP) is 0.282. The monoisotopic (exact) mass is 287 g/mol. The van der Waals surface area contributed by atoms with Crippen molar-refractivity contribution < 1.29 is 9.53 Å². The summed E-state index contributed by atoms with van der Waals surface area (Å²) in [5.41, 5.74) is 6.52. The molecular formula is C14H17N5O2. The van der Waals surface area contributed by atoms with E-state index in [1.165, 1.54) is 5.69 Å². The fraction of sp³-hybridized carbons (Fsp3) is 0.357. The molecule has 1 aromatic carbocycles. The Bertz CT molecular complexity index is 613. The highest BCUT2D eigenvalue weighted by atomic mass is 16.5. The summed E-state index contributed by atoms with van der Waals surface area (Å²) in [5, 5.41) is 7.62. The summed E-state index contributed by atoms with van der Waals surface area (Å²) < 4.78 is 7.35. The number of carbonyl (C=O) groups is 1. The lowest BCUT2D eigenvalue weighted by atomic mass is 10.2. The van der Waals surface area contributed by atoms with E-state index in [2.05, 4.69) is 27.3 Å². The van der Waals surface area contributed by atoms with Gasteiger partial charge in [-0.15, -0.1) is 5.10 Å². The van der Waals surface area contributed by atoms with Crippen LogP contribution in [-0.2, 0) is 11.3 Å². The number of benzene rings is 1. The lowest BCUT2D eigenvalue weighted by molar-refractivity contribution is 0.0271. The molecule has 0 saturated carbocycles. The normalized spacial score (nSPS) is 18.7.